The molecule has 0 heterocycles. The molecule has 5 aliphatic rings. The number of carboxylic acids is 1. The van der Waals surface area contributed by atoms with Gasteiger partial charge in [0.25, 0.3) is 0 Å². The molecule has 9 atom stereocenters. The lowest BCUT2D eigenvalue weighted by Gasteiger charge is -2.72. The number of urea groups is 1. The third-order valence-corrected chi connectivity index (χ3v) is 14.3. The van der Waals surface area contributed by atoms with Crippen molar-refractivity contribution in [2.24, 2.45) is 51.1 Å². The van der Waals surface area contributed by atoms with Gasteiger partial charge in [0, 0.05) is 11.0 Å². The van der Waals surface area contributed by atoms with Crippen molar-refractivity contribution in [3.8, 4) is 0 Å². The number of nitrogens with one attached hydrogen (secondary N) is 1. The van der Waals surface area contributed by atoms with E-state index in [-0.39, 0.29) is 33.1 Å². The number of carbonyl (C=O) groups excluding carboxylic acids is 1. The fourth-order valence-electron chi connectivity index (χ4n) is 12.6. The zero-order valence-corrected chi connectivity index (χ0v) is 26.6. The number of benzene rings is 1. The highest BCUT2D eigenvalue weighted by molar-refractivity contribution is 5.87. The van der Waals surface area contributed by atoms with E-state index in [1.807, 2.05) is 12.1 Å². The Balaban J connectivity index is 1.48. The molecule has 1 aromatic carbocycles. The Labute approximate surface area is 252 Å². The third kappa shape index (κ3) is 3.80. The van der Waals surface area contributed by atoms with Crippen LogP contribution in [0.3, 0.4) is 0 Å². The molecule has 0 bridgehead atoms. The SMILES string of the molecule is CC=C[C@]1(c2ccc(C(=O)O)cc2)CC[C@@]2(NC(N)=O)CC[C@]3(C)[C@H](CC[C@@H]4[C@@]5(C)CC=CC(C)(C)[C@H]5CC[C@]43C)[C@@H]21. The molecule has 2 amide bonds. The van der Waals surface area contributed by atoms with Crippen molar-refractivity contribution < 1.29 is 14.7 Å². The topological polar surface area (TPSA) is 92.4 Å². The van der Waals surface area contributed by atoms with Crippen LogP contribution in [-0.2, 0) is 5.41 Å². The van der Waals surface area contributed by atoms with Gasteiger partial charge < -0.3 is 16.2 Å². The van der Waals surface area contributed by atoms with E-state index >= 15 is 0 Å². The molecule has 0 aromatic heterocycles. The molecule has 0 aliphatic heterocycles. The average Bonchev–Trinajstić information content (AvgIpc) is 3.23. The van der Waals surface area contributed by atoms with E-state index in [0.717, 1.165) is 37.7 Å². The van der Waals surface area contributed by atoms with Crippen LogP contribution in [0, 0.1) is 45.3 Å². The summed E-state index contributed by atoms with van der Waals surface area (Å²) >= 11 is 0. The second kappa shape index (κ2) is 9.47. The molecule has 0 spiro atoms. The summed E-state index contributed by atoms with van der Waals surface area (Å²) in [5.41, 5.74) is 7.62. The lowest BCUT2D eigenvalue weighted by Crippen LogP contribution is -2.69. The van der Waals surface area contributed by atoms with E-state index in [1.165, 1.54) is 25.7 Å². The van der Waals surface area contributed by atoms with Crippen molar-refractivity contribution in [3.05, 3.63) is 59.7 Å². The molecule has 6 rings (SSSR count). The van der Waals surface area contributed by atoms with Gasteiger partial charge in [0.05, 0.1) is 5.56 Å². The molecule has 42 heavy (non-hydrogen) atoms. The number of rotatable bonds is 4. The summed E-state index contributed by atoms with van der Waals surface area (Å²) in [5, 5.41) is 13.0. The summed E-state index contributed by atoms with van der Waals surface area (Å²) in [7, 11) is 0. The summed E-state index contributed by atoms with van der Waals surface area (Å²) < 4.78 is 0. The third-order valence-electron chi connectivity index (χ3n) is 14.3. The maximum atomic E-state index is 12.6. The molecule has 0 saturated heterocycles. The molecule has 0 unspecified atom stereocenters. The van der Waals surface area contributed by atoms with E-state index in [1.54, 1.807) is 12.1 Å². The highest BCUT2D eigenvalue weighted by Crippen LogP contribution is 2.77. The van der Waals surface area contributed by atoms with Crippen molar-refractivity contribution in [2.75, 3.05) is 0 Å². The number of nitrogens with two attached hydrogens (primary N) is 1. The first-order valence-electron chi connectivity index (χ1n) is 16.4. The van der Waals surface area contributed by atoms with Crippen LogP contribution in [0.2, 0.25) is 0 Å². The number of hydrogen-bond donors (Lipinski definition) is 3. The van der Waals surface area contributed by atoms with Gasteiger partial charge >= 0.3 is 12.0 Å². The van der Waals surface area contributed by atoms with E-state index in [9.17, 15) is 14.7 Å². The van der Waals surface area contributed by atoms with E-state index in [4.69, 9.17) is 5.73 Å². The van der Waals surface area contributed by atoms with Gasteiger partial charge in [-0.3, -0.25) is 0 Å². The molecule has 5 heteroatoms. The molecule has 5 aliphatic carbocycles. The summed E-state index contributed by atoms with van der Waals surface area (Å²) in [5.74, 6) is 1.07. The average molecular weight is 573 g/mol. The number of hydrogen-bond acceptors (Lipinski definition) is 2. The maximum Gasteiger partial charge on any atom is 0.335 e. The summed E-state index contributed by atoms with van der Waals surface area (Å²) in [6, 6.07) is 7.15. The van der Waals surface area contributed by atoms with Gasteiger partial charge in [-0.1, -0.05) is 71.1 Å². The van der Waals surface area contributed by atoms with Gasteiger partial charge in [0.2, 0.25) is 0 Å². The number of primary amides is 1. The van der Waals surface area contributed by atoms with Gasteiger partial charge in [0.1, 0.15) is 0 Å². The molecular weight excluding hydrogens is 520 g/mol. The van der Waals surface area contributed by atoms with Gasteiger partial charge in [0.15, 0.2) is 0 Å². The van der Waals surface area contributed by atoms with Crippen LogP contribution < -0.4 is 11.1 Å². The van der Waals surface area contributed by atoms with Crippen molar-refractivity contribution in [1.82, 2.24) is 5.32 Å². The number of carbonyl (C=O) groups is 2. The Bertz CT molecular complexity index is 1330. The minimum Gasteiger partial charge on any atom is -0.478 e. The van der Waals surface area contributed by atoms with E-state index in [2.05, 4.69) is 71.2 Å². The normalized spacial score (nSPS) is 45.4. The number of amides is 2. The molecular formula is C37H52N2O3. The highest BCUT2D eigenvalue weighted by Gasteiger charge is 2.72. The van der Waals surface area contributed by atoms with Crippen molar-refractivity contribution in [2.45, 2.75) is 110 Å². The van der Waals surface area contributed by atoms with Gasteiger partial charge in [-0.05, 0) is 128 Å². The quantitative estimate of drug-likeness (QED) is 0.317. The molecule has 228 valence electrons. The number of aromatic carboxylic acids is 1. The van der Waals surface area contributed by atoms with Crippen LogP contribution in [0.4, 0.5) is 4.79 Å². The Morgan fingerprint density at radius 3 is 2.24 bits per heavy atom. The standard InChI is InChI=1S/C37H52N2O3/c1-7-16-36(25-11-9-24(10-12-25)30(40)41)21-23-37(39-31(38)42)22-20-34(5)26(29(36)37)13-14-28-33(4)18-8-17-32(2,3)27(33)15-19-35(28,34)6/h7-12,16-17,26-29H,13-15,18-23H2,1-6H3,(H,40,41)(H3,38,39,42)/t26-,27-,28-,29-,33+,34-,35-,36-,37+/m1/s1. The lowest BCUT2D eigenvalue weighted by molar-refractivity contribution is -0.220. The molecule has 1 aromatic rings. The Hall–Kier alpha value is -2.56. The first-order valence-corrected chi connectivity index (χ1v) is 16.4. The molecule has 4 saturated carbocycles. The Morgan fingerprint density at radius 2 is 1.60 bits per heavy atom. The second-order valence-electron chi connectivity index (χ2n) is 16.1. The Morgan fingerprint density at radius 1 is 0.905 bits per heavy atom. The van der Waals surface area contributed by atoms with Crippen molar-refractivity contribution in [3.63, 3.8) is 0 Å². The maximum absolute atomic E-state index is 12.6. The predicted molar refractivity (Wildman–Crippen MR) is 168 cm³/mol. The summed E-state index contributed by atoms with van der Waals surface area (Å²) in [6.07, 6.45) is 19.5. The van der Waals surface area contributed by atoms with Gasteiger partial charge in [-0.2, -0.15) is 0 Å². The number of carboxylic acid groups (broad SMARTS) is 1. The van der Waals surface area contributed by atoms with Crippen LogP contribution in [-0.4, -0.2) is 22.6 Å². The van der Waals surface area contributed by atoms with Crippen LogP contribution in [0.5, 0.6) is 0 Å². The molecule has 0 radical (unpaired) electrons. The van der Waals surface area contributed by atoms with E-state index < -0.39 is 12.0 Å². The first kappa shape index (κ1) is 29.5. The second-order valence-corrected chi connectivity index (χ2v) is 16.1. The Kier molecular flexibility index (Phi) is 6.65. The van der Waals surface area contributed by atoms with Crippen LogP contribution >= 0.6 is 0 Å². The van der Waals surface area contributed by atoms with Crippen molar-refractivity contribution in [1.29, 1.82) is 0 Å². The van der Waals surface area contributed by atoms with E-state index in [0.29, 0.717) is 28.7 Å². The highest BCUT2D eigenvalue weighted by atomic mass is 16.4. The zero-order chi connectivity index (χ0) is 30.3. The lowest BCUT2D eigenvalue weighted by atomic mass is 9.32. The predicted octanol–water partition coefficient (Wildman–Crippen LogP) is 8.25. The summed E-state index contributed by atoms with van der Waals surface area (Å²) in [6.45, 7) is 14.9. The van der Waals surface area contributed by atoms with Crippen molar-refractivity contribution >= 4 is 12.0 Å². The van der Waals surface area contributed by atoms with Crippen LogP contribution in [0.15, 0.2) is 48.6 Å². The molecule has 4 N–H and O–H groups in total. The summed E-state index contributed by atoms with van der Waals surface area (Å²) in [4.78, 5) is 24.4. The minimum atomic E-state index is -0.904. The fourth-order valence-corrected chi connectivity index (χ4v) is 12.6. The fraction of sp³-hybridized carbons (Fsp3) is 0.676. The monoisotopic (exact) mass is 572 g/mol. The van der Waals surface area contributed by atoms with Crippen LogP contribution in [0.1, 0.15) is 115 Å². The molecule has 4 fully saturated rings. The number of allylic oxidation sites excluding steroid dienone is 4. The smallest absolute Gasteiger partial charge is 0.335 e. The largest absolute Gasteiger partial charge is 0.478 e. The van der Waals surface area contributed by atoms with Gasteiger partial charge in [-0.15, -0.1) is 0 Å². The minimum absolute atomic E-state index is 0.126. The first-order chi connectivity index (χ1) is 19.7. The number of fused-ring (bicyclic) bond motifs is 7. The van der Waals surface area contributed by atoms with Gasteiger partial charge in [-0.25, -0.2) is 9.59 Å². The zero-order valence-electron chi connectivity index (χ0n) is 26.6. The molecule has 5 nitrogen and oxygen atoms in total. The van der Waals surface area contributed by atoms with Crippen LogP contribution in [0.25, 0.3) is 0 Å².